The van der Waals surface area contributed by atoms with Crippen molar-refractivity contribution in [3.05, 3.63) is 200 Å². The Labute approximate surface area is 326 Å². The summed E-state index contributed by atoms with van der Waals surface area (Å²) in [4.78, 5) is 18.9. The Morgan fingerprint density at radius 1 is 0.411 bits per heavy atom. The van der Waals surface area contributed by atoms with E-state index >= 15 is 0 Å². The highest BCUT2D eigenvalue weighted by Crippen LogP contribution is 2.38. The minimum Gasteiger partial charge on any atom is -0.269 e. The van der Waals surface area contributed by atoms with Crippen molar-refractivity contribution in [2.75, 3.05) is 0 Å². The third kappa shape index (κ3) is 6.59. The van der Waals surface area contributed by atoms with Crippen molar-refractivity contribution in [1.29, 1.82) is 0 Å². The van der Waals surface area contributed by atoms with E-state index in [9.17, 15) is 0 Å². The van der Waals surface area contributed by atoms with Gasteiger partial charge >= 0.3 is 0 Å². The maximum absolute atomic E-state index is 5.11. The van der Waals surface area contributed by atoms with E-state index in [2.05, 4.69) is 168 Å². The zero-order valence-electron chi connectivity index (χ0n) is 30.6. The lowest BCUT2D eigenvalue weighted by Crippen LogP contribution is -2.04. The lowest BCUT2D eigenvalue weighted by Gasteiger charge is -2.15. The van der Waals surface area contributed by atoms with Crippen LogP contribution in [0, 0.1) is 0 Å². The summed E-state index contributed by atoms with van der Waals surface area (Å²) >= 11 is 0. The number of benzene rings is 6. The summed E-state index contributed by atoms with van der Waals surface area (Å²) in [5.74, 6) is 0.185. The van der Waals surface area contributed by atoms with Gasteiger partial charge in [0.1, 0.15) is 0 Å². The van der Waals surface area contributed by atoms with E-state index in [1.165, 1.54) is 27.1 Å². The van der Waals surface area contributed by atoms with Gasteiger partial charge in [-0.05, 0) is 134 Å². The van der Waals surface area contributed by atoms with Gasteiger partial charge in [-0.1, -0.05) is 103 Å². The summed E-state index contributed by atoms with van der Waals surface area (Å²) in [5.41, 5.74) is 13.8. The first-order valence-electron chi connectivity index (χ1n) is 19.0. The molecule has 4 nitrogen and oxygen atoms in total. The fraction of sp³-hybridized carbons (Fsp3) is 0.0385. The van der Waals surface area contributed by atoms with Gasteiger partial charge in [0.25, 0.3) is 0 Å². The maximum Gasteiger partial charge on any atom is 0.0725 e. The number of allylic oxidation sites excluding steroid dienone is 1. The van der Waals surface area contributed by atoms with Crippen LogP contribution in [0.25, 0.3) is 88.7 Å². The molecule has 0 amide bonds. The first-order valence-corrected chi connectivity index (χ1v) is 19.0. The first kappa shape index (κ1) is 33.3. The molecule has 1 aliphatic heterocycles. The van der Waals surface area contributed by atoms with Crippen LogP contribution in [0.5, 0.6) is 0 Å². The van der Waals surface area contributed by atoms with E-state index in [1.54, 1.807) is 6.20 Å². The van der Waals surface area contributed by atoms with Gasteiger partial charge in [-0.25, -0.2) is 4.98 Å². The molecule has 3 aromatic heterocycles. The third-order valence-corrected chi connectivity index (χ3v) is 10.7. The van der Waals surface area contributed by atoms with E-state index in [4.69, 9.17) is 9.97 Å². The van der Waals surface area contributed by atoms with Crippen LogP contribution < -0.4 is 0 Å². The lowest BCUT2D eigenvalue weighted by molar-refractivity contribution is 0.868. The molecule has 0 radical (unpaired) electrons. The molecule has 264 valence electrons. The molecule has 10 rings (SSSR count). The van der Waals surface area contributed by atoms with Crippen molar-refractivity contribution in [2.45, 2.75) is 12.3 Å². The predicted molar refractivity (Wildman–Crippen MR) is 232 cm³/mol. The number of aromatic nitrogens is 3. The van der Waals surface area contributed by atoms with Crippen LogP contribution in [0.2, 0.25) is 0 Å². The molecule has 1 unspecified atom stereocenters. The molecule has 0 N–H and O–H groups in total. The number of aliphatic imine (C=N–C) groups is 1. The molecule has 9 aromatic rings. The van der Waals surface area contributed by atoms with Crippen molar-refractivity contribution >= 4 is 27.8 Å². The van der Waals surface area contributed by atoms with E-state index in [0.29, 0.717) is 0 Å². The number of fused-ring (bicyclic) bond motifs is 3. The summed E-state index contributed by atoms with van der Waals surface area (Å²) in [6.07, 6.45) is 10.5. The van der Waals surface area contributed by atoms with E-state index in [1.807, 2.05) is 36.8 Å². The fourth-order valence-corrected chi connectivity index (χ4v) is 7.79. The van der Waals surface area contributed by atoms with Gasteiger partial charge in [0, 0.05) is 53.1 Å². The third-order valence-electron chi connectivity index (χ3n) is 10.7. The number of hydrogen-bond donors (Lipinski definition) is 0. The molecule has 6 aromatic carbocycles. The van der Waals surface area contributed by atoms with E-state index in [-0.39, 0.29) is 5.92 Å². The van der Waals surface area contributed by atoms with Gasteiger partial charge in [-0.3, -0.25) is 15.0 Å². The number of pyridine rings is 3. The Morgan fingerprint density at radius 2 is 0.982 bits per heavy atom. The summed E-state index contributed by atoms with van der Waals surface area (Å²) in [7, 11) is 0. The topological polar surface area (TPSA) is 51.0 Å². The normalized spacial score (nSPS) is 13.7. The van der Waals surface area contributed by atoms with Gasteiger partial charge in [0.2, 0.25) is 0 Å². The SMILES string of the molecule is C1=CN=CC(c2cccc(-c3cccc(-c4cc(-c5cccc(-c6cccc(-c7cccnc7)n6)c5)cc(-c5ccc6ccc7ccccc7c6c5)c4)c3)n2)C1. The van der Waals surface area contributed by atoms with Crippen LogP contribution in [0.15, 0.2) is 200 Å². The molecular formula is C52H36N4. The average molecular weight is 717 g/mol. The fourth-order valence-electron chi connectivity index (χ4n) is 7.79. The van der Waals surface area contributed by atoms with E-state index < -0.39 is 0 Å². The van der Waals surface area contributed by atoms with Crippen LogP contribution in [-0.2, 0) is 0 Å². The molecule has 0 saturated carbocycles. The molecule has 4 heterocycles. The predicted octanol–water partition coefficient (Wildman–Crippen LogP) is 13.3. The number of nitrogens with zero attached hydrogens (tertiary/aromatic N) is 4. The Bertz CT molecular complexity index is 2960. The minimum absolute atomic E-state index is 0.185. The molecule has 0 spiro atoms. The second-order valence-electron chi connectivity index (χ2n) is 14.3. The molecular weight excluding hydrogens is 681 g/mol. The largest absolute Gasteiger partial charge is 0.269 e. The van der Waals surface area contributed by atoms with Crippen LogP contribution in [0.4, 0.5) is 0 Å². The van der Waals surface area contributed by atoms with Crippen molar-refractivity contribution in [3.63, 3.8) is 0 Å². The highest BCUT2D eigenvalue weighted by Gasteiger charge is 2.15. The van der Waals surface area contributed by atoms with Crippen molar-refractivity contribution in [1.82, 2.24) is 15.0 Å². The van der Waals surface area contributed by atoms with Gasteiger partial charge < -0.3 is 0 Å². The monoisotopic (exact) mass is 716 g/mol. The van der Waals surface area contributed by atoms with Gasteiger partial charge in [0.15, 0.2) is 0 Å². The summed E-state index contributed by atoms with van der Waals surface area (Å²) in [5, 5.41) is 4.98. The van der Waals surface area contributed by atoms with Crippen molar-refractivity contribution in [3.8, 4) is 67.2 Å². The maximum atomic E-state index is 5.11. The smallest absolute Gasteiger partial charge is 0.0725 e. The van der Waals surface area contributed by atoms with Crippen molar-refractivity contribution < 1.29 is 0 Å². The number of hydrogen-bond acceptors (Lipinski definition) is 4. The molecule has 56 heavy (non-hydrogen) atoms. The zero-order valence-corrected chi connectivity index (χ0v) is 30.6. The standard InChI is InChI=1S/C52H36N4/c1-2-16-47-35(9-1)21-22-36-23-24-39(32-48(36)47)46-30-44(37-10-3-12-40(27-37)49-17-5-19-51(55-49)42-14-7-25-53-33-42)29-45(31-46)38-11-4-13-41(28-38)50-18-6-20-52(56-50)43-15-8-26-54-34-43/h1-14,16-34,43H,15H2. The van der Waals surface area contributed by atoms with Crippen LogP contribution >= 0.6 is 0 Å². The molecule has 4 heteroatoms. The lowest BCUT2D eigenvalue weighted by atomic mass is 9.90. The van der Waals surface area contributed by atoms with Crippen LogP contribution in [0.1, 0.15) is 18.0 Å². The molecule has 0 aliphatic carbocycles. The molecule has 0 fully saturated rings. The summed E-state index contributed by atoms with van der Waals surface area (Å²) < 4.78 is 0. The molecule has 1 aliphatic rings. The Balaban J connectivity index is 1.10. The van der Waals surface area contributed by atoms with Crippen LogP contribution in [0.3, 0.4) is 0 Å². The van der Waals surface area contributed by atoms with E-state index in [0.717, 1.165) is 73.7 Å². The summed E-state index contributed by atoms with van der Waals surface area (Å²) in [6.45, 7) is 0. The van der Waals surface area contributed by atoms with Crippen LogP contribution in [-0.4, -0.2) is 21.2 Å². The summed E-state index contributed by atoms with van der Waals surface area (Å²) in [6, 6.07) is 60.8. The molecule has 0 saturated heterocycles. The average Bonchev–Trinajstić information content (AvgIpc) is 3.29. The highest BCUT2D eigenvalue weighted by molar-refractivity contribution is 6.08. The second-order valence-corrected chi connectivity index (χ2v) is 14.3. The van der Waals surface area contributed by atoms with Gasteiger partial charge in [-0.15, -0.1) is 0 Å². The number of rotatable bonds is 7. The van der Waals surface area contributed by atoms with Gasteiger partial charge in [-0.2, -0.15) is 0 Å². The Hall–Kier alpha value is -7.30. The second kappa shape index (κ2) is 14.5. The minimum atomic E-state index is 0.185. The highest BCUT2D eigenvalue weighted by atomic mass is 14.8. The Morgan fingerprint density at radius 3 is 1.68 bits per heavy atom. The quantitative estimate of drug-likeness (QED) is 0.154. The molecule has 1 atom stereocenters. The zero-order chi connectivity index (χ0) is 37.3. The van der Waals surface area contributed by atoms with Gasteiger partial charge in [0.05, 0.1) is 17.1 Å². The Kier molecular flexibility index (Phi) is 8.62. The first-order chi connectivity index (χ1) is 27.7. The molecule has 0 bridgehead atoms. The van der Waals surface area contributed by atoms with Crippen molar-refractivity contribution in [2.24, 2.45) is 4.99 Å².